The molecule has 0 bridgehead atoms. The lowest BCUT2D eigenvalue weighted by Crippen LogP contribution is -2.29. The summed E-state index contributed by atoms with van der Waals surface area (Å²) in [5.41, 5.74) is 9.09. The molecule has 1 fully saturated rings. The van der Waals surface area contributed by atoms with E-state index in [4.69, 9.17) is 0 Å². The zero-order valence-corrected chi connectivity index (χ0v) is 7.46. The van der Waals surface area contributed by atoms with Crippen LogP contribution in [0.1, 0.15) is 6.42 Å². The molecule has 0 aromatic rings. The van der Waals surface area contributed by atoms with Crippen molar-refractivity contribution in [3.8, 4) is 0 Å². The normalized spacial score (nSPS) is 30.2. The number of nitrogens with zero attached hydrogens (tertiary/aromatic N) is 1. The van der Waals surface area contributed by atoms with Crippen LogP contribution in [0.25, 0.3) is 0 Å². The second kappa shape index (κ2) is 2.64. The van der Waals surface area contributed by atoms with E-state index in [1.165, 1.54) is 11.4 Å². The Hall–Kier alpha value is -1.22. The third kappa shape index (κ3) is 1.00. The fourth-order valence-corrected chi connectivity index (χ4v) is 2.10. The monoisotopic (exact) mass is 175 g/mol. The molecule has 3 heterocycles. The SMILES string of the molecule is C1=CC2=C3NNCC3C=CN2CC1. The quantitative estimate of drug-likeness (QED) is 0.568. The van der Waals surface area contributed by atoms with Crippen LogP contribution >= 0.6 is 0 Å². The number of hydrogen-bond donors (Lipinski definition) is 2. The fraction of sp³-hybridized carbons (Fsp3) is 0.400. The lowest BCUT2D eigenvalue weighted by Gasteiger charge is -2.30. The Morgan fingerprint density at radius 2 is 2.46 bits per heavy atom. The molecule has 3 heteroatoms. The van der Waals surface area contributed by atoms with Crippen molar-refractivity contribution in [2.75, 3.05) is 13.1 Å². The summed E-state index contributed by atoms with van der Waals surface area (Å²) in [6, 6.07) is 0. The largest absolute Gasteiger partial charge is 0.347 e. The van der Waals surface area contributed by atoms with E-state index in [1.54, 1.807) is 0 Å². The van der Waals surface area contributed by atoms with Crippen molar-refractivity contribution in [2.45, 2.75) is 6.42 Å². The first-order chi connectivity index (χ1) is 6.45. The van der Waals surface area contributed by atoms with Crippen LogP contribution in [0.5, 0.6) is 0 Å². The maximum atomic E-state index is 3.24. The van der Waals surface area contributed by atoms with Gasteiger partial charge in [-0.1, -0.05) is 12.2 Å². The van der Waals surface area contributed by atoms with Crippen LogP contribution in [0.4, 0.5) is 0 Å². The summed E-state index contributed by atoms with van der Waals surface area (Å²) in [7, 11) is 0. The van der Waals surface area contributed by atoms with Crippen LogP contribution in [-0.4, -0.2) is 18.0 Å². The van der Waals surface area contributed by atoms with Crippen LogP contribution in [0.2, 0.25) is 0 Å². The van der Waals surface area contributed by atoms with E-state index >= 15 is 0 Å². The molecular formula is C10H13N3. The molecule has 2 N–H and O–H groups in total. The van der Waals surface area contributed by atoms with Gasteiger partial charge in [-0.25, -0.2) is 5.43 Å². The summed E-state index contributed by atoms with van der Waals surface area (Å²) in [6.45, 7) is 2.12. The third-order valence-electron chi connectivity index (χ3n) is 2.81. The zero-order chi connectivity index (χ0) is 8.67. The molecule has 0 radical (unpaired) electrons. The first-order valence-corrected chi connectivity index (χ1v) is 4.80. The van der Waals surface area contributed by atoms with Gasteiger partial charge >= 0.3 is 0 Å². The number of rotatable bonds is 0. The van der Waals surface area contributed by atoms with Crippen molar-refractivity contribution < 1.29 is 0 Å². The van der Waals surface area contributed by atoms with Crippen molar-refractivity contribution in [1.29, 1.82) is 0 Å². The second-order valence-electron chi connectivity index (χ2n) is 3.64. The van der Waals surface area contributed by atoms with Crippen LogP contribution in [0.3, 0.4) is 0 Å². The third-order valence-corrected chi connectivity index (χ3v) is 2.81. The number of nitrogens with one attached hydrogen (secondary N) is 2. The van der Waals surface area contributed by atoms with Crippen LogP contribution in [0.15, 0.2) is 35.8 Å². The summed E-state index contributed by atoms with van der Waals surface area (Å²) in [4.78, 5) is 2.31. The second-order valence-corrected chi connectivity index (χ2v) is 3.64. The average molecular weight is 175 g/mol. The van der Waals surface area contributed by atoms with Crippen molar-refractivity contribution in [3.05, 3.63) is 35.8 Å². The molecule has 1 saturated heterocycles. The van der Waals surface area contributed by atoms with E-state index in [0.29, 0.717) is 5.92 Å². The van der Waals surface area contributed by atoms with Gasteiger partial charge in [0.1, 0.15) is 0 Å². The Labute approximate surface area is 77.8 Å². The van der Waals surface area contributed by atoms with Gasteiger partial charge in [-0.15, -0.1) is 0 Å². The van der Waals surface area contributed by atoms with E-state index in [1.807, 2.05) is 0 Å². The highest BCUT2D eigenvalue weighted by atomic mass is 15.4. The molecule has 0 saturated carbocycles. The van der Waals surface area contributed by atoms with Gasteiger partial charge in [0.25, 0.3) is 0 Å². The number of allylic oxidation sites excluding steroid dienone is 1. The Kier molecular flexibility index (Phi) is 1.46. The van der Waals surface area contributed by atoms with Crippen LogP contribution < -0.4 is 10.9 Å². The fourth-order valence-electron chi connectivity index (χ4n) is 2.10. The van der Waals surface area contributed by atoms with Crippen LogP contribution in [-0.2, 0) is 0 Å². The van der Waals surface area contributed by atoms with Gasteiger partial charge in [-0.2, -0.15) is 0 Å². The average Bonchev–Trinajstić information content (AvgIpc) is 2.65. The standard InChI is InChI=1S/C10H13N3/c1-2-5-13-6-4-8-7-11-12-10(8)9(13)3-1/h1,3-4,6,8,11-12H,2,5,7H2. The molecule has 0 amide bonds. The van der Waals surface area contributed by atoms with E-state index in [9.17, 15) is 0 Å². The number of hydrogen-bond acceptors (Lipinski definition) is 3. The molecule has 0 spiro atoms. The maximum Gasteiger partial charge on any atom is 0.0616 e. The Bertz CT molecular complexity index is 314. The van der Waals surface area contributed by atoms with Gasteiger partial charge < -0.3 is 10.3 Å². The minimum atomic E-state index is 0.550. The molecule has 1 unspecified atom stereocenters. The molecule has 68 valence electrons. The zero-order valence-electron chi connectivity index (χ0n) is 7.46. The Balaban J connectivity index is 2.06. The molecule has 1 atom stereocenters. The molecule has 0 aromatic carbocycles. The molecule has 3 aliphatic heterocycles. The van der Waals surface area contributed by atoms with Gasteiger partial charge in [0.05, 0.1) is 11.4 Å². The molecule has 3 rings (SSSR count). The highest BCUT2D eigenvalue weighted by Crippen LogP contribution is 2.28. The van der Waals surface area contributed by atoms with Gasteiger partial charge in [0.2, 0.25) is 0 Å². The first kappa shape index (κ1) is 7.21. The summed E-state index contributed by atoms with van der Waals surface area (Å²) in [5.74, 6) is 0.550. The van der Waals surface area contributed by atoms with Crippen molar-refractivity contribution in [2.24, 2.45) is 5.92 Å². The van der Waals surface area contributed by atoms with Crippen molar-refractivity contribution in [1.82, 2.24) is 15.8 Å². The van der Waals surface area contributed by atoms with Gasteiger partial charge in [0, 0.05) is 25.2 Å². The topological polar surface area (TPSA) is 27.3 Å². The number of fused-ring (bicyclic) bond motifs is 2. The lowest BCUT2D eigenvalue weighted by molar-refractivity contribution is 0.447. The smallest absolute Gasteiger partial charge is 0.0616 e. The Morgan fingerprint density at radius 1 is 1.46 bits per heavy atom. The van der Waals surface area contributed by atoms with Gasteiger partial charge in [-0.05, 0) is 12.5 Å². The molecule has 13 heavy (non-hydrogen) atoms. The first-order valence-electron chi connectivity index (χ1n) is 4.80. The minimum absolute atomic E-state index is 0.550. The van der Waals surface area contributed by atoms with Gasteiger partial charge in [0.15, 0.2) is 0 Å². The van der Waals surface area contributed by atoms with E-state index < -0.39 is 0 Å². The van der Waals surface area contributed by atoms with Gasteiger partial charge in [-0.3, -0.25) is 0 Å². The van der Waals surface area contributed by atoms with E-state index in [0.717, 1.165) is 19.5 Å². The summed E-state index contributed by atoms with van der Waals surface area (Å²) in [5, 5.41) is 0. The Morgan fingerprint density at radius 3 is 3.46 bits per heavy atom. The summed E-state index contributed by atoms with van der Waals surface area (Å²) in [6.07, 6.45) is 10.1. The molecule has 3 aliphatic rings. The summed E-state index contributed by atoms with van der Waals surface area (Å²) >= 11 is 0. The van der Waals surface area contributed by atoms with E-state index in [2.05, 4.69) is 40.2 Å². The summed E-state index contributed by atoms with van der Waals surface area (Å²) < 4.78 is 0. The molecular weight excluding hydrogens is 162 g/mol. The van der Waals surface area contributed by atoms with Crippen molar-refractivity contribution >= 4 is 0 Å². The molecule has 0 aromatic heterocycles. The van der Waals surface area contributed by atoms with E-state index in [-0.39, 0.29) is 0 Å². The van der Waals surface area contributed by atoms with Crippen molar-refractivity contribution in [3.63, 3.8) is 0 Å². The highest BCUT2D eigenvalue weighted by Gasteiger charge is 2.27. The van der Waals surface area contributed by atoms with Crippen LogP contribution in [0, 0.1) is 5.92 Å². The minimum Gasteiger partial charge on any atom is -0.347 e. The predicted octanol–water partition coefficient (Wildman–Crippen LogP) is 0.711. The highest BCUT2D eigenvalue weighted by molar-refractivity contribution is 5.35. The molecule has 0 aliphatic carbocycles. The molecule has 3 nitrogen and oxygen atoms in total. The maximum absolute atomic E-state index is 3.24. The predicted molar refractivity (Wildman–Crippen MR) is 51.3 cm³/mol. The lowest BCUT2D eigenvalue weighted by atomic mass is 10.00. The number of hydrazine groups is 1.